The highest BCUT2D eigenvalue weighted by molar-refractivity contribution is 14.1. The fraction of sp³-hybridized carbons (Fsp3) is 0.333. The monoisotopic (exact) mass is 314 g/mol. The van der Waals surface area contributed by atoms with Crippen molar-refractivity contribution in [3.05, 3.63) is 26.5 Å². The van der Waals surface area contributed by atoms with Gasteiger partial charge in [0.2, 0.25) is 0 Å². The average molecular weight is 315 g/mol. The van der Waals surface area contributed by atoms with Gasteiger partial charge in [0.25, 0.3) is 0 Å². The predicted octanol–water partition coefficient (Wildman–Crippen LogP) is 3.87. The van der Waals surface area contributed by atoms with Gasteiger partial charge in [0.1, 0.15) is 11.6 Å². The maximum Gasteiger partial charge on any atom is 0.139 e. The van der Waals surface area contributed by atoms with Crippen LogP contribution in [0.5, 0.6) is 5.75 Å². The van der Waals surface area contributed by atoms with E-state index in [2.05, 4.69) is 0 Å². The molecule has 0 N–H and O–H groups in total. The molecule has 0 aliphatic carbocycles. The zero-order chi connectivity index (χ0) is 10.0. The van der Waals surface area contributed by atoms with Gasteiger partial charge in [0.15, 0.2) is 0 Å². The van der Waals surface area contributed by atoms with Crippen molar-refractivity contribution in [2.24, 2.45) is 0 Å². The second kappa shape index (κ2) is 4.46. The van der Waals surface area contributed by atoms with Gasteiger partial charge in [-0.2, -0.15) is 0 Å². The summed E-state index contributed by atoms with van der Waals surface area (Å²) < 4.78 is 18.8. The van der Waals surface area contributed by atoms with Crippen LogP contribution >= 0.6 is 34.2 Å². The minimum atomic E-state index is -0.318. The third-order valence-electron chi connectivity index (χ3n) is 1.34. The molecule has 0 atom stereocenters. The molecule has 4 heteroatoms. The Balaban J connectivity index is 3.01. The highest BCUT2D eigenvalue weighted by Crippen LogP contribution is 2.29. The van der Waals surface area contributed by atoms with Crippen LogP contribution in [0.1, 0.15) is 13.8 Å². The summed E-state index contributed by atoms with van der Waals surface area (Å²) in [6.07, 6.45) is 0.0405. The van der Waals surface area contributed by atoms with Gasteiger partial charge in [-0.1, -0.05) is 11.6 Å². The van der Waals surface area contributed by atoms with E-state index < -0.39 is 0 Å². The number of halogens is 3. The van der Waals surface area contributed by atoms with E-state index >= 15 is 0 Å². The average Bonchev–Trinajstić information content (AvgIpc) is 1.99. The minimum absolute atomic E-state index is 0.0405. The molecule has 0 aromatic heterocycles. The Morgan fingerprint density at radius 2 is 2.08 bits per heavy atom. The molecular weight excluding hydrogens is 305 g/mol. The smallest absolute Gasteiger partial charge is 0.139 e. The van der Waals surface area contributed by atoms with Gasteiger partial charge in [-0.05, 0) is 48.6 Å². The highest BCUT2D eigenvalue weighted by atomic mass is 127. The van der Waals surface area contributed by atoms with Crippen LogP contribution in [0.2, 0.25) is 5.02 Å². The standard InChI is InChI=1S/C9H9ClFIO/c1-5(2)13-9-4-8(12)7(11)3-6(9)10/h3-5H,1-2H3. The Morgan fingerprint density at radius 1 is 1.46 bits per heavy atom. The lowest BCUT2D eigenvalue weighted by Crippen LogP contribution is -2.06. The molecule has 0 radical (unpaired) electrons. The van der Waals surface area contributed by atoms with Crippen molar-refractivity contribution >= 4 is 34.2 Å². The van der Waals surface area contributed by atoms with E-state index in [1.54, 1.807) is 6.07 Å². The fourth-order valence-electron chi connectivity index (χ4n) is 0.849. The molecule has 72 valence electrons. The molecule has 0 heterocycles. The molecule has 1 nitrogen and oxygen atoms in total. The van der Waals surface area contributed by atoms with Gasteiger partial charge in [-0.15, -0.1) is 0 Å². The lowest BCUT2D eigenvalue weighted by molar-refractivity contribution is 0.242. The molecule has 0 saturated carbocycles. The van der Waals surface area contributed by atoms with E-state index in [4.69, 9.17) is 16.3 Å². The molecule has 1 rings (SSSR count). The first-order chi connectivity index (χ1) is 6.00. The quantitative estimate of drug-likeness (QED) is 0.595. The second-order valence-electron chi connectivity index (χ2n) is 2.86. The SMILES string of the molecule is CC(C)Oc1cc(I)c(F)cc1Cl. The molecule has 13 heavy (non-hydrogen) atoms. The third-order valence-corrected chi connectivity index (χ3v) is 2.46. The Bertz CT molecular complexity index is 315. The van der Waals surface area contributed by atoms with E-state index in [1.807, 2.05) is 36.4 Å². The molecule has 1 aromatic carbocycles. The first-order valence-electron chi connectivity index (χ1n) is 3.82. The van der Waals surface area contributed by atoms with Gasteiger partial charge in [0, 0.05) is 0 Å². The van der Waals surface area contributed by atoms with Crippen molar-refractivity contribution in [2.75, 3.05) is 0 Å². The summed E-state index contributed by atoms with van der Waals surface area (Å²) in [6.45, 7) is 3.79. The van der Waals surface area contributed by atoms with Crippen LogP contribution in [-0.4, -0.2) is 6.10 Å². The van der Waals surface area contributed by atoms with Gasteiger partial charge < -0.3 is 4.74 Å². The van der Waals surface area contributed by atoms with Crippen molar-refractivity contribution in [1.82, 2.24) is 0 Å². The van der Waals surface area contributed by atoms with E-state index in [-0.39, 0.29) is 11.9 Å². The van der Waals surface area contributed by atoms with Gasteiger partial charge >= 0.3 is 0 Å². The van der Waals surface area contributed by atoms with E-state index in [9.17, 15) is 4.39 Å². The molecule has 0 amide bonds. The van der Waals surface area contributed by atoms with Gasteiger partial charge in [-0.25, -0.2) is 4.39 Å². The third kappa shape index (κ3) is 2.98. The largest absolute Gasteiger partial charge is 0.489 e. The Kier molecular flexibility index (Phi) is 3.79. The summed E-state index contributed by atoms with van der Waals surface area (Å²) >= 11 is 7.68. The van der Waals surface area contributed by atoms with Gasteiger partial charge in [-0.3, -0.25) is 0 Å². The van der Waals surface area contributed by atoms with Crippen molar-refractivity contribution in [3.63, 3.8) is 0 Å². The summed E-state index contributed by atoms with van der Waals surface area (Å²) in [6, 6.07) is 2.86. The van der Waals surface area contributed by atoms with Crippen molar-refractivity contribution in [1.29, 1.82) is 0 Å². The molecule has 0 unspecified atom stereocenters. The minimum Gasteiger partial charge on any atom is -0.489 e. The molecule has 0 aliphatic heterocycles. The zero-order valence-corrected chi connectivity index (χ0v) is 10.2. The van der Waals surface area contributed by atoms with E-state index in [0.717, 1.165) is 0 Å². The Hall–Kier alpha value is -0.0300. The van der Waals surface area contributed by atoms with Crippen LogP contribution in [0.15, 0.2) is 12.1 Å². The van der Waals surface area contributed by atoms with Crippen molar-refractivity contribution < 1.29 is 9.13 Å². The van der Waals surface area contributed by atoms with Crippen LogP contribution < -0.4 is 4.74 Å². The number of hydrogen-bond donors (Lipinski definition) is 0. The topological polar surface area (TPSA) is 9.23 Å². The Morgan fingerprint density at radius 3 is 2.62 bits per heavy atom. The maximum absolute atomic E-state index is 12.9. The zero-order valence-electron chi connectivity index (χ0n) is 7.27. The predicted molar refractivity (Wildman–Crippen MR) is 59.9 cm³/mol. The summed E-state index contributed by atoms with van der Waals surface area (Å²) in [5, 5.41) is 0.312. The number of benzene rings is 1. The summed E-state index contributed by atoms with van der Waals surface area (Å²) in [7, 11) is 0. The molecule has 0 saturated heterocycles. The number of hydrogen-bond acceptors (Lipinski definition) is 1. The molecule has 1 aromatic rings. The van der Waals surface area contributed by atoms with E-state index in [0.29, 0.717) is 14.3 Å². The second-order valence-corrected chi connectivity index (χ2v) is 4.43. The van der Waals surface area contributed by atoms with Crippen LogP contribution in [0.3, 0.4) is 0 Å². The van der Waals surface area contributed by atoms with Crippen molar-refractivity contribution in [3.8, 4) is 5.75 Å². The molecule has 0 spiro atoms. The lowest BCUT2D eigenvalue weighted by Gasteiger charge is -2.11. The van der Waals surface area contributed by atoms with Crippen LogP contribution in [0.25, 0.3) is 0 Å². The van der Waals surface area contributed by atoms with E-state index in [1.165, 1.54) is 6.07 Å². The molecule has 0 fully saturated rings. The Labute approximate surface area is 95.4 Å². The number of rotatable bonds is 2. The summed E-state index contributed by atoms with van der Waals surface area (Å²) in [4.78, 5) is 0. The number of ether oxygens (including phenoxy) is 1. The lowest BCUT2D eigenvalue weighted by atomic mass is 10.3. The molecule has 0 bridgehead atoms. The van der Waals surface area contributed by atoms with Crippen molar-refractivity contribution in [2.45, 2.75) is 20.0 Å². The maximum atomic E-state index is 12.9. The highest BCUT2D eigenvalue weighted by Gasteiger charge is 2.08. The van der Waals surface area contributed by atoms with Crippen LogP contribution in [0, 0.1) is 9.39 Å². The first-order valence-corrected chi connectivity index (χ1v) is 5.27. The van der Waals surface area contributed by atoms with Crippen LogP contribution in [-0.2, 0) is 0 Å². The normalized spacial score (nSPS) is 10.6. The summed E-state index contributed by atoms with van der Waals surface area (Å²) in [5.74, 6) is 0.212. The summed E-state index contributed by atoms with van der Waals surface area (Å²) in [5.41, 5.74) is 0. The first kappa shape index (κ1) is 11.0. The molecule has 0 aliphatic rings. The van der Waals surface area contributed by atoms with Crippen LogP contribution in [0.4, 0.5) is 4.39 Å². The fourth-order valence-corrected chi connectivity index (χ4v) is 1.48. The molecular formula is C9H9ClFIO. The van der Waals surface area contributed by atoms with Gasteiger partial charge in [0.05, 0.1) is 14.7 Å².